The second-order valence-electron chi connectivity index (χ2n) is 13.4. The van der Waals surface area contributed by atoms with Crippen molar-refractivity contribution in [3.63, 3.8) is 0 Å². The van der Waals surface area contributed by atoms with Crippen LogP contribution in [-0.2, 0) is 9.53 Å². The van der Waals surface area contributed by atoms with Crippen molar-refractivity contribution in [2.24, 2.45) is 0 Å². The van der Waals surface area contributed by atoms with Crippen LogP contribution < -0.4 is 5.32 Å². The summed E-state index contributed by atoms with van der Waals surface area (Å²) in [5.41, 5.74) is 0. The van der Waals surface area contributed by atoms with Gasteiger partial charge in [-0.2, -0.15) is 0 Å². The maximum atomic E-state index is 12.4. The summed E-state index contributed by atoms with van der Waals surface area (Å²) in [4.78, 5) is 22.9. The summed E-state index contributed by atoms with van der Waals surface area (Å²) in [5, 5.41) is 2.89. The molecule has 4 heteroatoms. The van der Waals surface area contributed by atoms with E-state index in [1.54, 1.807) is 0 Å². The molecule has 0 radical (unpaired) electrons. The Kier molecular flexibility index (Phi) is 38.3. The molecular weight excluding hydrogens is 578 g/mol. The first-order valence-corrected chi connectivity index (χ1v) is 20.2. The third kappa shape index (κ3) is 38.2. The van der Waals surface area contributed by atoms with Crippen LogP contribution in [0.15, 0.2) is 48.6 Å². The molecule has 0 aromatic carbocycles. The second-order valence-corrected chi connectivity index (χ2v) is 13.4. The fraction of sp³-hybridized carbons (Fsp3) is 0.767. The Morgan fingerprint density at radius 3 is 1.30 bits per heavy atom. The maximum Gasteiger partial charge on any atom is 0.407 e. The van der Waals surface area contributed by atoms with Crippen molar-refractivity contribution in [1.29, 1.82) is 0 Å². The van der Waals surface area contributed by atoms with E-state index in [2.05, 4.69) is 67.8 Å². The summed E-state index contributed by atoms with van der Waals surface area (Å²) in [6.07, 6.45) is 53.3. The number of amides is 1. The lowest BCUT2D eigenvalue weighted by atomic mass is 10.0. The van der Waals surface area contributed by atoms with E-state index in [-0.39, 0.29) is 12.2 Å². The van der Waals surface area contributed by atoms with Gasteiger partial charge in [-0.3, -0.25) is 0 Å². The number of unbranched alkanes of at least 4 members (excludes halogenated alkanes) is 20. The standard InChI is InChI=1S/C43H77NO3/c1-3-5-7-9-11-13-15-17-19-21-23-25-27-29-31-34-38-42(47-43(46)44-40-36-33-37-41-45)39-35-32-30-28-26-24-22-20-18-16-14-12-10-8-6-4-2/h11-14,17-20,41-42H,3-10,15-16,21-40H2,1-2H3,(H,44,46)/b13-11-,14-12-,19-17-,20-18-. The molecule has 0 saturated carbocycles. The second kappa shape index (κ2) is 40.1. The van der Waals surface area contributed by atoms with E-state index in [0.717, 1.165) is 57.7 Å². The van der Waals surface area contributed by atoms with E-state index in [1.165, 1.54) is 128 Å². The lowest BCUT2D eigenvalue weighted by molar-refractivity contribution is -0.107. The first-order chi connectivity index (χ1) is 23.2. The number of nitrogens with one attached hydrogen (secondary N) is 1. The molecule has 0 aliphatic rings. The van der Waals surface area contributed by atoms with Crippen molar-refractivity contribution in [3.8, 4) is 0 Å². The first-order valence-electron chi connectivity index (χ1n) is 20.2. The quantitative estimate of drug-likeness (QED) is 0.0415. The van der Waals surface area contributed by atoms with E-state index in [9.17, 15) is 9.59 Å². The Bertz CT molecular complexity index is 721. The maximum absolute atomic E-state index is 12.4. The molecular formula is C43H77NO3. The summed E-state index contributed by atoms with van der Waals surface area (Å²) in [5.74, 6) is 0. The molecule has 0 bridgehead atoms. The molecule has 0 atom stereocenters. The normalized spacial score (nSPS) is 12.1. The molecule has 0 saturated heterocycles. The van der Waals surface area contributed by atoms with E-state index in [4.69, 9.17) is 4.74 Å². The Morgan fingerprint density at radius 2 is 0.872 bits per heavy atom. The lowest BCUT2D eigenvalue weighted by Gasteiger charge is -2.18. The summed E-state index contributed by atoms with van der Waals surface area (Å²) >= 11 is 0. The van der Waals surface area contributed by atoms with Crippen LogP contribution in [0, 0.1) is 0 Å². The minimum Gasteiger partial charge on any atom is -0.446 e. The molecule has 0 heterocycles. The molecule has 1 amide bonds. The van der Waals surface area contributed by atoms with Gasteiger partial charge in [0.15, 0.2) is 0 Å². The molecule has 0 fully saturated rings. The van der Waals surface area contributed by atoms with Gasteiger partial charge in [-0.15, -0.1) is 0 Å². The SMILES string of the molecule is CCCCC/C=C\C/C=C\CCCCCCCCC(CCCCCCCC/C=C\C/C=C\CCCCC)OC(=O)NCCCCC=O. The number of ether oxygens (including phenoxy) is 1. The summed E-state index contributed by atoms with van der Waals surface area (Å²) in [6.45, 7) is 5.09. The first kappa shape index (κ1) is 44.9. The Hall–Kier alpha value is -2.10. The van der Waals surface area contributed by atoms with Gasteiger partial charge in [0, 0.05) is 13.0 Å². The number of allylic oxidation sites excluding steroid dienone is 8. The van der Waals surface area contributed by atoms with Crippen molar-refractivity contribution in [2.75, 3.05) is 6.54 Å². The zero-order valence-electron chi connectivity index (χ0n) is 31.2. The van der Waals surface area contributed by atoms with Crippen molar-refractivity contribution in [2.45, 2.75) is 206 Å². The molecule has 0 aromatic heterocycles. The lowest BCUT2D eigenvalue weighted by Crippen LogP contribution is -2.29. The van der Waals surface area contributed by atoms with Gasteiger partial charge >= 0.3 is 6.09 Å². The zero-order chi connectivity index (χ0) is 34.1. The number of carbonyl (C=O) groups excluding carboxylic acids is 2. The average molecular weight is 656 g/mol. The smallest absolute Gasteiger partial charge is 0.407 e. The van der Waals surface area contributed by atoms with Crippen molar-refractivity contribution in [3.05, 3.63) is 48.6 Å². The van der Waals surface area contributed by atoms with Crippen molar-refractivity contribution in [1.82, 2.24) is 5.32 Å². The van der Waals surface area contributed by atoms with E-state index in [0.29, 0.717) is 13.0 Å². The number of carbonyl (C=O) groups is 2. The zero-order valence-corrected chi connectivity index (χ0v) is 31.2. The molecule has 272 valence electrons. The minimum atomic E-state index is -0.291. The highest BCUT2D eigenvalue weighted by atomic mass is 16.6. The van der Waals surface area contributed by atoms with Gasteiger partial charge in [0.05, 0.1) is 0 Å². The molecule has 0 unspecified atom stereocenters. The molecule has 4 nitrogen and oxygen atoms in total. The topological polar surface area (TPSA) is 55.4 Å². The molecule has 1 N–H and O–H groups in total. The summed E-state index contributed by atoms with van der Waals surface area (Å²) in [7, 11) is 0. The Balaban J connectivity index is 4.05. The largest absolute Gasteiger partial charge is 0.446 e. The number of aldehydes is 1. The van der Waals surface area contributed by atoms with E-state index < -0.39 is 0 Å². The van der Waals surface area contributed by atoms with Crippen molar-refractivity contribution >= 4 is 12.4 Å². The van der Waals surface area contributed by atoms with Gasteiger partial charge in [-0.05, 0) is 103 Å². The van der Waals surface area contributed by atoms with Crippen LogP contribution in [-0.4, -0.2) is 25.0 Å². The highest BCUT2D eigenvalue weighted by molar-refractivity contribution is 5.67. The number of rotatable bonds is 36. The Morgan fingerprint density at radius 1 is 0.489 bits per heavy atom. The van der Waals surface area contributed by atoms with Crippen LogP contribution in [0.4, 0.5) is 4.79 Å². The van der Waals surface area contributed by atoms with Crippen molar-refractivity contribution < 1.29 is 14.3 Å². The Labute approximate surface area is 292 Å². The van der Waals surface area contributed by atoms with Gasteiger partial charge in [0.25, 0.3) is 0 Å². The molecule has 0 aliphatic heterocycles. The predicted octanol–water partition coefficient (Wildman–Crippen LogP) is 13.9. The van der Waals surface area contributed by atoms with Crippen LogP contribution in [0.1, 0.15) is 200 Å². The summed E-state index contributed by atoms with van der Waals surface area (Å²) < 4.78 is 5.86. The number of hydrogen-bond acceptors (Lipinski definition) is 3. The minimum absolute atomic E-state index is 0.0154. The van der Waals surface area contributed by atoms with Gasteiger partial charge in [-0.25, -0.2) is 4.79 Å². The molecule has 47 heavy (non-hydrogen) atoms. The molecule has 0 aliphatic carbocycles. The number of alkyl carbamates (subject to hydrolysis) is 1. The number of hydrogen-bond donors (Lipinski definition) is 1. The highest BCUT2D eigenvalue weighted by Gasteiger charge is 2.14. The molecule has 0 spiro atoms. The average Bonchev–Trinajstić information content (AvgIpc) is 3.07. The third-order valence-electron chi connectivity index (χ3n) is 8.75. The third-order valence-corrected chi connectivity index (χ3v) is 8.75. The van der Waals surface area contributed by atoms with Gasteiger partial charge < -0.3 is 14.8 Å². The summed E-state index contributed by atoms with van der Waals surface area (Å²) in [6, 6.07) is 0. The molecule has 0 aromatic rings. The molecule has 0 rings (SSSR count). The van der Waals surface area contributed by atoms with E-state index in [1.807, 2.05) is 0 Å². The van der Waals surface area contributed by atoms with Crippen LogP contribution in [0.3, 0.4) is 0 Å². The monoisotopic (exact) mass is 656 g/mol. The van der Waals surface area contributed by atoms with Crippen LogP contribution in [0.25, 0.3) is 0 Å². The van der Waals surface area contributed by atoms with Gasteiger partial charge in [0.1, 0.15) is 12.4 Å². The fourth-order valence-corrected chi connectivity index (χ4v) is 5.72. The highest BCUT2D eigenvalue weighted by Crippen LogP contribution is 2.18. The van der Waals surface area contributed by atoms with E-state index >= 15 is 0 Å². The fourth-order valence-electron chi connectivity index (χ4n) is 5.72. The predicted molar refractivity (Wildman–Crippen MR) is 206 cm³/mol. The van der Waals surface area contributed by atoms with Crippen LogP contribution >= 0.6 is 0 Å². The van der Waals surface area contributed by atoms with Gasteiger partial charge in [0.2, 0.25) is 0 Å². The van der Waals surface area contributed by atoms with Crippen LogP contribution in [0.5, 0.6) is 0 Å². The van der Waals surface area contributed by atoms with Gasteiger partial charge in [-0.1, -0.05) is 140 Å². The van der Waals surface area contributed by atoms with Crippen LogP contribution in [0.2, 0.25) is 0 Å².